The molecule has 0 unspecified atom stereocenters. The molecule has 1 aromatic carbocycles. The first-order valence-corrected chi connectivity index (χ1v) is 9.42. The van der Waals surface area contributed by atoms with E-state index < -0.39 is 23.6 Å². The molecule has 3 aromatic rings. The van der Waals surface area contributed by atoms with Crippen LogP contribution in [0.1, 0.15) is 28.9 Å². The first-order chi connectivity index (χ1) is 14.8. The van der Waals surface area contributed by atoms with E-state index in [2.05, 4.69) is 25.5 Å². The molecular weight excluding hydrogens is 418 g/mol. The van der Waals surface area contributed by atoms with E-state index >= 15 is 0 Å². The lowest BCUT2D eigenvalue weighted by atomic mass is 10.0. The summed E-state index contributed by atoms with van der Waals surface area (Å²) in [6, 6.07) is 3.54. The third-order valence-electron chi connectivity index (χ3n) is 4.83. The number of aromatic nitrogens is 5. The maximum atomic E-state index is 13.9. The fraction of sp³-hybridized carbons (Fsp3) is 0.316. The molecule has 1 atom stereocenters. The summed E-state index contributed by atoms with van der Waals surface area (Å²) in [4.78, 5) is 23.1. The van der Waals surface area contributed by atoms with Crippen LogP contribution in [0.15, 0.2) is 43.0 Å². The Morgan fingerprint density at radius 2 is 1.90 bits per heavy atom. The molecule has 1 saturated heterocycles. The van der Waals surface area contributed by atoms with Crippen molar-refractivity contribution in [2.24, 2.45) is 0 Å². The molecule has 1 aliphatic heterocycles. The molecule has 1 fully saturated rings. The quantitative estimate of drug-likeness (QED) is 0.634. The SMILES string of the molecule is O=C(c1cc(F)ccc1-n1nccn1)N1CCC[C@@H](Nc2cnc(C(F)(F)F)cn2)C1. The summed E-state index contributed by atoms with van der Waals surface area (Å²) in [5, 5.41) is 11.0. The average Bonchev–Trinajstić information content (AvgIpc) is 3.28. The number of piperidine rings is 1. The maximum absolute atomic E-state index is 13.9. The van der Waals surface area contributed by atoms with Crippen LogP contribution < -0.4 is 5.32 Å². The molecule has 12 heteroatoms. The van der Waals surface area contributed by atoms with Gasteiger partial charge in [0, 0.05) is 19.1 Å². The summed E-state index contributed by atoms with van der Waals surface area (Å²) in [6.07, 6.45) is 1.34. The van der Waals surface area contributed by atoms with Crippen molar-refractivity contribution in [1.82, 2.24) is 29.9 Å². The summed E-state index contributed by atoms with van der Waals surface area (Å²) < 4.78 is 51.8. The Balaban J connectivity index is 1.49. The van der Waals surface area contributed by atoms with Gasteiger partial charge in [0.2, 0.25) is 0 Å². The number of halogens is 4. The zero-order valence-corrected chi connectivity index (χ0v) is 16.1. The van der Waals surface area contributed by atoms with Gasteiger partial charge >= 0.3 is 6.18 Å². The molecule has 0 aliphatic carbocycles. The average molecular weight is 435 g/mol. The minimum absolute atomic E-state index is 0.117. The minimum Gasteiger partial charge on any atom is -0.364 e. The highest BCUT2D eigenvalue weighted by molar-refractivity contribution is 5.97. The van der Waals surface area contributed by atoms with Crippen LogP contribution in [0.5, 0.6) is 0 Å². The van der Waals surface area contributed by atoms with Gasteiger partial charge in [-0.1, -0.05) is 0 Å². The van der Waals surface area contributed by atoms with E-state index in [1.807, 2.05) is 0 Å². The molecule has 0 spiro atoms. The fourth-order valence-corrected chi connectivity index (χ4v) is 3.40. The van der Waals surface area contributed by atoms with Gasteiger partial charge in [-0.2, -0.15) is 28.2 Å². The number of rotatable bonds is 4. The van der Waals surface area contributed by atoms with E-state index in [1.165, 1.54) is 29.3 Å². The number of nitrogens with zero attached hydrogens (tertiary/aromatic N) is 6. The topological polar surface area (TPSA) is 88.8 Å². The first kappa shape index (κ1) is 20.7. The Morgan fingerprint density at radius 3 is 2.58 bits per heavy atom. The highest BCUT2D eigenvalue weighted by Crippen LogP contribution is 2.27. The lowest BCUT2D eigenvalue weighted by molar-refractivity contribution is -0.141. The lowest BCUT2D eigenvalue weighted by Crippen LogP contribution is -2.45. The fourth-order valence-electron chi connectivity index (χ4n) is 3.40. The van der Waals surface area contributed by atoms with Crippen LogP contribution in [-0.2, 0) is 6.18 Å². The molecule has 0 saturated carbocycles. The van der Waals surface area contributed by atoms with Crippen LogP contribution in [-0.4, -0.2) is 54.9 Å². The number of carbonyl (C=O) groups excluding carboxylic acids is 1. The molecule has 3 heterocycles. The smallest absolute Gasteiger partial charge is 0.364 e. The Hall–Kier alpha value is -3.57. The van der Waals surface area contributed by atoms with Gasteiger partial charge in [-0.3, -0.25) is 4.79 Å². The molecule has 1 amide bonds. The molecule has 162 valence electrons. The highest BCUT2D eigenvalue weighted by atomic mass is 19.4. The van der Waals surface area contributed by atoms with Gasteiger partial charge in [0.15, 0.2) is 5.69 Å². The van der Waals surface area contributed by atoms with E-state index in [1.54, 1.807) is 4.90 Å². The molecule has 1 aliphatic rings. The van der Waals surface area contributed by atoms with E-state index in [4.69, 9.17) is 0 Å². The summed E-state index contributed by atoms with van der Waals surface area (Å²) >= 11 is 0. The van der Waals surface area contributed by atoms with E-state index in [9.17, 15) is 22.4 Å². The van der Waals surface area contributed by atoms with Crippen molar-refractivity contribution in [3.05, 3.63) is 60.1 Å². The molecule has 31 heavy (non-hydrogen) atoms. The maximum Gasteiger partial charge on any atom is 0.434 e. The summed E-state index contributed by atoms with van der Waals surface area (Å²) in [5.41, 5.74) is -0.615. The number of hydrogen-bond acceptors (Lipinski definition) is 6. The number of amides is 1. The number of anilines is 1. The van der Waals surface area contributed by atoms with Crippen molar-refractivity contribution < 1.29 is 22.4 Å². The van der Waals surface area contributed by atoms with Crippen LogP contribution in [0.3, 0.4) is 0 Å². The van der Waals surface area contributed by atoms with E-state index in [0.717, 1.165) is 12.3 Å². The minimum atomic E-state index is -4.56. The number of hydrogen-bond donors (Lipinski definition) is 1. The van der Waals surface area contributed by atoms with Gasteiger partial charge in [-0.15, -0.1) is 0 Å². The lowest BCUT2D eigenvalue weighted by Gasteiger charge is -2.33. The van der Waals surface area contributed by atoms with Gasteiger partial charge in [0.1, 0.15) is 11.6 Å². The predicted molar refractivity (Wildman–Crippen MR) is 101 cm³/mol. The highest BCUT2D eigenvalue weighted by Gasteiger charge is 2.33. The Morgan fingerprint density at radius 1 is 1.13 bits per heavy atom. The summed E-state index contributed by atoms with van der Waals surface area (Å²) in [5.74, 6) is -0.776. The molecule has 0 radical (unpaired) electrons. The van der Waals surface area contributed by atoms with Crippen molar-refractivity contribution in [3.63, 3.8) is 0 Å². The standard InChI is InChI=1S/C19H17F4N7O/c20-12-3-4-15(30-26-5-6-27-30)14(8-12)18(31)29-7-1-2-13(11-29)28-17-10-24-16(9-25-17)19(21,22)23/h3-6,8-10,13H,1-2,7,11H2,(H,25,28)/t13-/m1/s1. The van der Waals surface area contributed by atoms with Crippen LogP contribution in [0.4, 0.5) is 23.4 Å². The molecule has 1 N–H and O–H groups in total. The van der Waals surface area contributed by atoms with Gasteiger partial charge in [0.05, 0.1) is 36.0 Å². The second-order valence-electron chi connectivity index (χ2n) is 7.00. The number of nitrogens with one attached hydrogen (secondary N) is 1. The second kappa shape index (κ2) is 8.28. The van der Waals surface area contributed by atoms with Crippen molar-refractivity contribution in [2.45, 2.75) is 25.1 Å². The van der Waals surface area contributed by atoms with Gasteiger partial charge in [0.25, 0.3) is 5.91 Å². The van der Waals surface area contributed by atoms with Crippen LogP contribution in [0, 0.1) is 5.82 Å². The molecular formula is C19H17F4N7O. The Labute approximate surface area is 173 Å². The Kier molecular flexibility index (Phi) is 5.53. The first-order valence-electron chi connectivity index (χ1n) is 9.42. The Bertz CT molecular complexity index is 1050. The zero-order valence-electron chi connectivity index (χ0n) is 16.1. The molecule has 4 rings (SSSR count). The number of alkyl halides is 3. The van der Waals surface area contributed by atoms with Gasteiger partial charge in [-0.05, 0) is 31.0 Å². The summed E-state index contributed by atoms with van der Waals surface area (Å²) in [6.45, 7) is 0.724. The largest absolute Gasteiger partial charge is 0.434 e. The number of carbonyl (C=O) groups is 1. The molecule has 8 nitrogen and oxygen atoms in total. The van der Waals surface area contributed by atoms with Crippen LogP contribution in [0.25, 0.3) is 5.69 Å². The van der Waals surface area contributed by atoms with Crippen molar-refractivity contribution in [1.29, 1.82) is 0 Å². The van der Waals surface area contributed by atoms with Crippen molar-refractivity contribution in [3.8, 4) is 5.69 Å². The molecule has 0 bridgehead atoms. The van der Waals surface area contributed by atoms with Gasteiger partial charge in [-0.25, -0.2) is 14.4 Å². The van der Waals surface area contributed by atoms with Crippen LogP contribution in [0.2, 0.25) is 0 Å². The van der Waals surface area contributed by atoms with Crippen LogP contribution >= 0.6 is 0 Å². The zero-order chi connectivity index (χ0) is 22.0. The van der Waals surface area contributed by atoms with Gasteiger partial charge < -0.3 is 10.2 Å². The normalized spacial score (nSPS) is 16.9. The van der Waals surface area contributed by atoms with E-state index in [0.29, 0.717) is 31.3 Å². The predicted octanol–water partition coefficient (Wildman–Crippen LogP) is 2.93. The van der Waals surface area contributed by atoms with Crippen molar-refractivity contribution >= 4 is 11.7 Å². The van der Waals surface area contributed by atoms with Crippen molar-refractivity contribution in [2.75, 3.05) is 18.4 Å². The molecule has 2 aromatic heterocycles. The monoisotopic (exact) mass is 435 g/mol. The number of likely N-dealkylation sites (tertiary alicyclic amines) is 1. The third-order valence-corrected chi connectivity index (χ3v) is 4.83. The third kappa shape index (κ3) is 4.62. The van der Waals surface area contributed by atoms with E-state index in [-0.39, 0.29) is 24.0 Å². The second-order valence-corrected chi connectivity index (χ2v) is 7.00. The number of benzene rings is 1. The summed E-state index contributed by atoms with van der Waals surface area (Å²) in [7, 11) is 0.